The summed E-state index contributed by atoms with van der Waals surface area (Å²) < 4.78 is 0. The van der Waals surface area contributed by atoms with E-state index in [1.54, 1.807) is 0 Å². The molecule has 1 aromatic carbocycles. The molecule has 1 aliphatic rings. The van der Waals surface area contributed by atoms with Gasteiger partial charge in [0.15, 0.2) is 5.78 Å². The minimum atomic E-state index is 0.315. The number of rotatable bonds is 4. The molecule has 1 aromatic rings. The molecule has 1 nitrogen and oxygen atoms in total. The summed E-state index contributed by atoms with van der Waals surface area (Å²) in [5.41, 5.74) is 2.02. The standard InChI is InChI=1S/C13H16O/c1-10-4-2-3-5-12(10)13(14)9-8-11-6-7-11/h2-5,11H,6-9H2,1H3. The van der Waals surface area contributed by atoms with Gasteiger partial charge in [0.05, 0.1) is 0 Å². The highest BCUT2D eigenvalue weighted by Crippen LogP contribution is 2.33. The fourth-order valence-electron chi connectivity index (χ4n) is 1.76. The maximum absolute atomic E-state index is 11.8. The van der Waals surface area contributed by atoms with Crippen molar-refractivity contribution in [2.45, 2.75) is 32.6 Å². The molecule has 0 bridgehead atoms. The second kappa shape index (κ2) is 3.95. The maximum Gasteiger partial charge on any atom is 0.163 e. The van der Waals surface area contributed by atoms with E-state index >= 15 is 0 Å². The number of carbonyl (C=O) groups excluding carboxylic acids is 1. The summed E-state index contributed by atoms with van der Waals surface area (Å²) in [6.07, 6.45) is 4.49. The van der Waals surface area contributed by atoms with Crippen molar-refractivity contribution < 1.29 is 4.79 Å². The number of aryl methyl sites for hydroxylation is 1. The van der Waals surface area contributed by atoms with Gasteiger partial charge in [-0.2, -0.15) is 0 Å². The number of hydrogen-bond donors (Lipinski definition) is 0. The number of benzene rings is 1. The number of ketones is 1. The molecule has 0 spiro atoms. The first kappa shape index (κ1) is 9.45. The summed E-state index contributed by atoms with van der Waals surface area (Å²) in [6, 6.07) is 7.86. The van der Waals surface area contributed by atoms with E-state index in [2.05, 4.69) is 0 Å². The molecule has 0 heterocycles. The first-order chi connectivity index (χ1) is 6.77. The minimum Gasteiger partial charge on any atom is -0.294 e. The van der Waals surface area contributed by atoms with E-state index in [4.69, 9.17) is 0 Å². The van der Waals surface area contributed by atoms with E-state index < -0.39 is 0 Å². The van der Waals surface area contributed by atoms with Crippen LogP contribution in [0.1, 0.15) is 41.6 Å². The van der Waals surface area contributed by atoms with Crippen molar-refractivity contribution in [3.05, 3.63) is 35.4 Å². The molecule has 0 N–H and O–H groups in total. The van der Waals surface area contributed by atoms with Crippen LogP contribution < -0.4 is 0 Å². The van der Waals surface area contributed by atoms with Crippen LogP contribution >= 0.6 is 0 Å². The average Bonchev–Trinajstić information content (AvgIpc) is 2.98. The molecular formula is C13H16O. The van der Waals surface area contributed by atoms with Gasteiger partial charge in [-0.1, -0.05) is 37.1 Å². The molecule has 2 rings (SSSR count). The monoisotopic (exact) mass is 188 g/mol. The Morgan fingerprint density at radius 2 is 2.07 bits per heavy atom. The van der Waals surface area contributed by atoms with Crippen LogP contribution in [0.3, 0.4) is 0 Å². The molecule has 0 aliphatic heterocycles. The Kier molecular flexibility index (Phi) is 2.67. The summed E-state index contributed by atoms with van der Waals surface area (Å²) in [5, 5.41) is 0. The van der Waals surface area contributed by atoms with Crippen LogP contribution in [0.15, 0.2) is 24.3 Å². The van der Waals surface area contributed by atoms with Crippen molar-refractivity contribution in [3.63, 3.8) is 0 Å². The Morgan fingerprint density at radius 3 is 2.71 bits per heavy atom. The van der Waals surface area contributed by atoms with Gasteiger partial charge in [-0.3, -0.25) is 4.79 Å². The van der Waals surface area contributed by atoms with Crippen LogP contribution in [-0.4, -0.2) is 5.78 Å². The molecule has 1 heteroatoms. The van der Waals surface area contributed by atoms with Crippen LogP contribution in [-0.2, 0) is 0 Å². The van der Waals surface area contributed by atoms with Gasteiger partial charge in [0.25, 0.3) is 0 Å². The largest absolute Gasteiger partial charge is 0.294 e. The van der Waals surface area contributed by atoms with Crippen LogP contribution in [0.2, 0.25) is 0 Å². The fourth-order valence-corrected chi connectivity index (χ4v) is 1.76. The van der Waals surface area contributed by atoms with E-state index in [-0.39, 0.29) is 0 Å². The van der Waals surface area contributed by atoms with Gasteiger partial charge < -0.3 is 0 Å². The van der Waals surface area contributed by atoms with Gasteiger partial charge in [-0.05, 0) is 24.8 Å². The maximum atomic E-state index is 11.8. The zero-order valence-electron chi connectivity index (χ0n) is 8.62. The highest BCUT2D eigenvalue weighted by Gasteiger charge is 2.22. The molecule has 74 valence electrons. The molecule has 0 atom stereocenters. The molecule has 1 saturated carbocycles. The summed E-state index contributed by atoms with van der Waals surface area (Å²) in [4.78, 5) is 11.8. The second-order valence-electron chi connectivity index (χ2n) is 4.22. The third kappa shape index (κ3) is 2.22. The van der Waals surface area contributed by atoms with E-state index in [0.29, 0.717) is 5.78 Å². The van der Waals surface area contributed by atoms with Gasteiger partial charge in [0.1, 0.15) is 0 Å². The lowest BCUT2D eigenvalue weighted by Crippen LogP contribution is -2.01. The van der Waals surface area contributed by atoms with Crippen LogP contribution in [0.25, 0.3) is 0 Å². The fraction of sp³-hybridized carbons (Fsp3) is 0.462. The lowest BCUT2D eigenvalue weighted by molar-refractivity contribution is 0.0977. The summed E-state index contributed by atoms with van der Waals surface area (Å²) in [6.45, 7) is 2.00. The summed E-state index contributed by atoms with van der Waals surface area (Å²) >= 11 is 0. The second-order valence-corrected chi connectivity index (χ2v) is 4.22. The number of hydrogen-bond acceptors (Lipinski definition) is 1. The summed E-state index contributed by atoms with van der Waals surface area (Å²) in [5.74, 6) is 1.16. The minimum absolute atomic E-state index is 0.315. The first-order valence-corrected chi connectivity index (χ1v) is 5.36. The van der Waals surface area contributed by atoms with Gasteiger partial charge in [-0.25, -0.2) is 0 Å². The van der Waals surface area contributed by atoms with Crippen LogP contribution in [0, 0.1) is 12.8 Å². The van der Waals surface area contributed by atoms with E-state index in [0.717, 1.165) is 29.9 Å². The van der Waals surface area contributed by atoms with Crippen molar-refractivity contribution in [2.75, 3.05) is 0 Å². The van der Waals surface area contributed by atoms with Gasteiger partial charge in [-0.15, -0.1) is 0 Å². The molecule has 0 saturated heterocycles. The van der Waals surface area contributed by atoms with Gasteiger partial charge >= 0.3 is 0 Å². The van der Waals surface area contributed by atoms with Crippen molar-refractivity contribution in [1.82, 2.24) is 0 Å². The number of carbonyl (C=O) groups is 1. The number of Topliss-reactive ketones (excluding diaryl/α,β-unsaturated/α-hetero) is 1. The predicted octanol–water partition coefficient (Wildman–Crippen LogP) is 3.37. The topological polar surface area (TPSA) is 17.1 Å². The third-order valence-electron chi connectivity index (χ3n) is 2.92. The van der Waals surface area contributed by atoms with Crippen LogP contribution in [0.4, 0.5) is 0 Å². The molecule has 14 heavy (non-hydrogen) atoms. The Labute approximate surface area is 85.1 Å². The SMILES string of the molecule is Cc1ccccc1C(=O)CCC1CC1. The Morgan fingerprint density at radius 1 is 1.36 bits per heavy atom. The molecular weight excluding hydrogens is 172 g/mol. The first-order valence-electron chi connectivity index (χ1n) is 5.36. The highest BCUT2D eigenvalue weighted by molar-refractivity contribution is 5.97. The molecule has 0 unspecified atom stereocenters. The highest BCUT2D eigenvalue weighted by atomic mass is 16.1. The Bertz CT molecular complexity index is 337. The average molecular weight is 188 g/mol. The van der Waals surface area contributed by atoms with Crippen LogP contribution in [0.5, 0.6) is 0 Å². The van der Waals surface area contributed by atoms with Crippen molar-refractivity contribution in [3.8, 4) is 0 Å². The quantitative estimate of drug-likeness (QED) is 0.662. The van der Waals surface area contributed by atoms with E-state index in [1.165, 1.54) is 12.8 Å². The smallest absolute Gasteiger partial charge is 0.163 e. The van der Waals surface area contributed by atoms with Crippen molar-refractivity contribution in [2.24, 2.45) is 5.92 Å². The van der Waals surface area contributed by atoms with Gasteiger partial charge in [0, 0.05) is 12.0 Å². The lowest BCUT2D eigenvalue weighted by atomic mass is 10.0. The molecule has 1 fully saturated rings. The van der Waals surface area contributed by atoms with Crippen molar-refractivity contribution >= 4 is 5.78 Å². The Hall–Kier alpha value is -1.11. The Balaban J connectivity index is 1.98. The lowest BCUT2D eigenvalue weighted by Gasteiger charge is -2.03. The predicted molar refractivity (Wildman–Crippen MR) is 57.5 cm³/mol. The van der Waals surface area contributed by atoms with E-state index in [1.807, 2.05) is 31.2 Å². The van der Waals surface area contributed by atoms with E-state index in [9.17, 15) is 4.79 Å². The molecule has 1 aliphatic carbocycles. The zero-order valence-corrected chi connectivity index (χ0v) is 8.62. The normalized spacial score (nSPS) is 15.5. The van der Waals surface area contributed by atoms with Gasteiger partial charge in [0.2, 0.25) is 0 Å². The summed E-state index contributed by atoms with van der Waals surface area (Å²) in [7, 11) is 0. The molecule has 0 aromatic heterocycles. The zero-order chi connectivity index (χ0) is 9.97. The molecule has 0 radical (unpaired) electrons. The van der Waals surface area contributed by atoms with Crippen molar-refractivity contribution in [1.29, 1.82) is 0 Å². The third-order valence-corrected chi connectivity index (χ3v) is 2.92. The molecule has 0 amide bonds.